The molecule has 2 rings (SSSR count). The zero-order valence-electron chi connectivity index (χ0n) is 14.2. The summed E-state index contributed by atoms with van der Waals surface area (Å²) in [7, 11) is 0. The van der Waals surface area contributed by atoms with Crippen molar-refractivity contribution in [2.75, 3.05) is 0 Å². The second kappa shape index (κ2) is 9.97. The van der Waals surface area contributed by atoms with E-state index in [4.69, 9.17) is 33.7 Å². The van der Waals surface area contributed by atoms with Gasteiger partial charge in [0.1, 0.15) is 0 Å². The van der Waals surface area contributed by atoms with Crippen molar-refractivity contribution in [2.24, 2.45) is 0 Å². The first-order chi connectivity index (χ1) is 12.6. The zero-order chi connectivity index (χ0) is 18.9. The summed E-state index contributed by atoms with van der Waals surface area (Å²) in [4.78, 5) is 12.6. The SMILES string of the molecule is N#CCCC(Cl)c1ccc(C(=O)c2ccc(C(Cl)CCC#N)cc2)cc1. The van der Waals surface area contributed by atoms with E-state index in [1.807, 2.05) is 24.3 Å². The molecule has 2 atom stereocenters. The summed E-state index contributed by atoms with van der Waals surface area (Å²) in [5.41, 5.74) is 2.96. The average Bonchev–Trinajstić information content (AvgIpc) is 2.69. The number of halogens is 2. The van der Waals surface area contributed by atoms with E-state index in [0.717, 1.165) is 11.1 Å². The minimum absolute atomic E-state index is 0.0746. The van der Waals surface area contributed by atoms with Crippen molar-refractivity contribution >= 4 is 29.0 Å². The van der Waals surface area contributed by atoms with Gasteiger partial charge in [0.15, 0.2) is 5.78 Å². The lowest BCUT2D eigenvalue weighted by Crippen LogP contribution is -2.02. The van der Waals surface area contributed by atoms with Crippen LogP contribution in [-0.4, -0.2) is 5.78 Å². The zero-order valence-corrected chi connectivity index (χ0v) is 15.7. The Hall–Kier alpha value is -2.33. The first-order valence-corrected chi connectivity index (χ1v) is 9.20. The Morgan fingerprint density at radius 1 is 0.769 bits per heavy atom. The molecule has 0 spiro atoms. The van der Waals surface area contributed by atoms with Crippen molar-refractivity contribution in [3.63, 3.8) is 0 Å². The lowest BCUT2D eigenvalue weighted by Gasteiger charge is -2.10. The van der Waals surface area contributed by atoms with E-state index < -0.39 is 0 Å². The van der Waals surface area contributed by atoms with Crippen LogP contribution < -0.4 is 0 Å². The third-order valence-electron chi connectivity index (χ3n) is 4.09. The van der Waals surface area contributed by atoms with Gasteiger partial charge in [-0.1, -0.05) is 48.5 Å². The highest BCUT2D eigenvalue weighted by molar-refractivity contribution is 6.21. The number of benzene rings is 2. The average molecular weight is 385 g/mol. The molecule has 0 bridgehead atoms. The van der Waals surface area contributed by atoms with Crippen LogP contribution in [-0.2, 0) is 0 Å². The van der Waals surface area contributed by atoms with Gasteiger partial charge in [-0.25, -0.2) is 0 Å². The van der Waals surface area contributed by atoms with E-state index in [1.165, 1.54) is 0 Å². The molecule has 0 aliphatic rings. The molecule has 0 aromatic heterocycles. The molecule has 0 saturated heterocycles. The Morgan fingerprint density at radius 3 is 1.42 bits per heavy atom. The van der Waals surface area contributed by atoms with Gasteiger partial charge in [0, 0.05) is 24.0 Å². The molecule has 0 amide bonds. The van der Waals surface area contributed by atoms with Crippen LogP contribution in [0.15, 0.2) is 48.5 Å². The van der Waals surface area contributed by atoms with Crippen LogP contribution in [0, 0.1) is 22.7 Å². The van der Waals surface area contributed by atoms with Crippen molar-refractivity contribution in [1.82, 2.24) is 0 Å². The lowest BCUT2D eigenvalue weighted by molar-refractivity contribution is 0.103. The molecule has 0 heterocycles. The van der Waals surface area contributed by atoms with Gasteiger partial charge in [0.25, 0.3) is 0 Å². The molecule has 2 unspecified atom stereocenters. The van der Waals surface area contributed by atoms with Gasteiger partial charge < -0.3 is 0 Å². The molecule has 0 saturated carbocycles. The summed E-state index contributed by atoms with van der Waals surface area (Å²) >= 11 is 12.5. The molecule has 3 nitrogen and oxygen atoms in total. The third kappa shape index (κ3) is 5.33. The number of carbonyl (C=O) groups excluding carboxylic acids is 1. The number of hydrogen-bond donors (Lipinski definition) is 0. The van der Waals surface area contributed by atoms with Crippen molar-refractivity contribution in [3.05, 3.63) is 70.8 Å². The molecule has 2 aromatic carbocycles. The summed E-state index contributed by atoms with van der Waals surface area (Å²) in [6.07, 6.45) is 1.96. The summed E-state index contributed by atoms with van der Waals surface area (Å²) in [6, 6.07) is 18.5. The van der Waals surface area contributed by atoms with E-state index in [2.05, 4.69) is 12.1 Å². The summed E-state index contributed by atoms with van der Waals surface area (Å²) in [6.45, 7) is 0. The quantitative estimate of drug-likeness (QED) is 0.408. The van der Waals surface area contributed by atoms with Crippen molar-refractivity contribution in [2.45, 2.75) is 36.4 Å². The minimum Gasteiger partial charge on any atom is -0.289 e. The maximum atomic E-state index is 12.6. The van der Waals surface area contributed by atoms with Crippen LogP contribution in [0.3, 0.4) is 0 Å². The summed E-state index contributed by atoms with van der Waals surface area (Å²) in [5.74, 6) is -0.0746. The van der Waals surface area contributed by atoms with Crippen LogP contribution in [0.1, 0.15) is 63.5 Å². The van der Waals surface area contributed by atoms with E-state index in [-0.39, 0.29) is 16.5 Å². The van der Waals surface area contributed by atoms with Gasteiger partial charge in [-0.3, -0.25) is 4.79 Å². The minimum atomic E-state index is -0.229. The largest absolute Gasteiger partial charge is 0.289 e. The Labute approximate surface area is 163 Å². The predicted molar refractivity (Wildman–Crippen MR) is 103 cm³/mol. The fourth-order valence-electron chi connectivity index (χ4n) is 2.57. The molecule has 0 N–H and O–H groups in total. The van der Waals surface area contributed by atoms with Gasteiger partial charge in [0.05, 0.1) is 22.9 Å². The molecule has 0 fully saturated rings. The van der Waals surface area contributed by atoms with E-state index in [0.29, 0.717) is 36.8 Å². The maximum Gasteiger partial charge on any atom is 0.193 e. The molecule has 132 valence electrons. The van der Waals surface area contributed by atoms with Crippen molar-refractivity contribution < 1.29 is 4.79 Å². The molecule has 26 heavy (non-hydrogen) atoms. The number of alkyl halides is 2. The van der Waals surface area contributed by atoms with Gasteiger partial charge in [-0.15, -0.1) is 23.2 Å². The van der Waals surface area contributed by atoms with Gasteiger partial charge in [-0.05, 0) is 24.0 Å². The standard InChI is InChI=1S/C21H18Cl2N2O/c22-19(3-1-13-24)15-5-9-17(10-6-15)21(26)18-11-7-16(8-12-18)20(23)4-2-14-25/h5-12,19-20H,1-4H2. The highest BCUT2D eigenvalue weighted by Crippen LogP contribution is 2.27. The molecule has 0 aliphatic heterocycles. The van der Waals surface area contributed by atoms with E-state index in [1.54, 1.807) is 24.3 Å². The molecule has 2 aromatic rings. The Morgan fingerprint density at radius 2 is 1.12 bits per heavy atom. The van der Waals surface area contributed by atoms with Gasteiger partial charge in [-0.2, -0.15) is 10.5 Å². The van der Waals surface area contributed by atoms with E-state index in [9.17, 15) is 4.79 Å². The van der Waals surface area contributed by atoms with Crippen molar-refractivity contribution in [3.8, 4) is 12.1 Å². The second-order valence-corrected chi connectivity index (χ2v) is 6.96. The van der Waals surface area contributed by atoms with E-state index >= 15 is 0 Å². The van der Waals surface area contributed by atoms with Crippen LogP contribution in [0.25, 0.3) is 0 Å². The maximum absolute atomic E-state index is 12.6. The molecular formula is C21H18Cl2N2O. The van der Waals surface area contributed by atoms with Gasteiger partial charge >= 0.3 is 0 Å². The smallest absolute Gasteiger partial charge is 0.193 e. The highest BCUT2D eigenvalue weighted by atomic mass is 35.5. The molecule has 5 heteroatoms. The number of rotatable bonds is 8. The topological polar surface area (TPSA) is 64.7 Å². The lowest BCUT2D eigenvalue weighted by atomic mass is 9.98. The predicted octanol–water partition coefficient (Wildman–Crippen LogP) is 6.08. The van der Waals surface area contributed by atoms with Crippen LogP contribution in [0.4, 0.5) is 0 Å². The van der Waals surface area contributed by atoms with Crippen LogP contribution in [0.5, 0.6) is 0 Å². The molecule has 0 radical (unpaired) electrons. The Bertz CT molecular complexity index is 748. The molecular weight excluding hydrogens is 367 g/mol. The highest BCUT2D eigenvalue weighted by Gasteiger charge is 2.13. The normalized spacial score (nSPS) is 12.6. The fraction of sp³-hybridized carbons (Fsp3) is 0.286. The van der Waals surface area contributed by atoms with Crippen LogP contribution >= 0.6 is 23.2 Å². The monoisotopic (exact) mass is 384 g/mol. The van der Waals surface area contributed by atoms with Crippen LogP contribution in [0.2, 0.25) is 0 Å². The summed E-state index contributed by atoms with van der Waals surface area (Å²) in [5, 5.41) is 16.8. The first-order valence-electron chi connectivity index (χ1n) is 8.33. The third-order valence-corrected chi connectivity index (χ3v) is 5.03. The first kappa shape index (κ1) is 20.0. The second-order valence-electron chi connectivity index (χ2n) is 5.90. The molecule has 0 aliphatic carbocycles. The number of nitriles is 2. The van der Waals surface area contributed by atoms with Gasteiger partial charge in [0.2, 0.25) is 0 Å². The Balaban J connectivity index is 2.07. The summed E-state index contributed by atoms with van der Waals surface area (Å²) < 4.78 is 0. The number of carbonyl (C=O) groups is 1. The number of hydrogen-bond acceptors (Lipinski definition) is 3. The Kier molecular flexibility index (Phi) is 7.67. The fourth-order valence-corrected chi connectivity index (χ4v) is 3.08. The number of nitrogens with zero attached hydrogens (tertiary/aromatic N) is 2. The van der Waals surface area contributed by atoms with Crippen molar-refractivity contribution in [1.29, 1.82) is 10.5 Å². The number of ketones is 1.